The summed E-state index contributed by atoms with van der Waals surface area (Å²) in [7, 11) is -9.12. The summed E-state index contributed by atoms with van der Waals surface area (Å²) in [6.45, 7) is 0. The molecule has 154 valence electrons. The van der Waals surface area contributed by atoms with Gasteiger partial charge in [0.05, 0.1) is 16.3 Å². The number of hydrogen-bond acceptors (Lipinski definition) is 6. The first kappa shape index (κ1) is 22.6. The predicted octanol–water partition coefficient (Wildman–Crippen LogP) is 3.74. The number of sulfone groups is 1. The zero-order valence-electron chi connectivity index (χ0n) is 13.5. The monoisotopic (exact) mass is 523 g/mol. The van der Waals surface area contributed by atoms with Crippen LogP contribution in [0.25, 0.3) is 0 Å². The van der Waals surface area contributed by atoms with E-state index in [0.717, 1.165) is 6.07 Å². The Labute approximate surface area is 170 Å². The molecule has 3 N–H and O–H groups in total. The number of rotatable bonds is 4. The van der Waals surface area contributed by atoms with Crippen LogP contribution in [0.15, 0.2) is 38.5 Å². The maximum atomic E-state index is 13.1. The molecule has 0 radical (unpaired) electrons. The average molecular weight is 525 g/mol. The SMILES string of the molecule is CS(=O)(=O)c1cc(C(F)(F)F)cc(NS(=O)(=O)c2cc(Br)cc(Cl)c2O)c1O. The van der Waals surface area contributed by atoms with Crippen molar-refractivity contribution in [1.82, 2.24) is 0 Å². The van der Waals surface area contributed by atoms with Gasteiger partial charge in [0.15, 0.2) is 21.3 Å². The Morgan fingerprint density at radius 3 is 2.07 bits per heavy atom. The number of phenolic OH excluding ortho intramolecular Hbond substituents is 2. The van der Waals surface area contributed by atoms with Crippen molar-refractivity contribution in [3.8, 4) is 11.5 Å². The molecule has 0 aliphatic carbocycles. The molecule has 0 heterocycles. The molecule has 7 nitrogen and oxygen atoms in total. The number of alkyl halides is 3. The van der Waals surface area contributed by atoms with Crippen molar-refractivity contribution in [3.05, 3.63) is 39.3 Å². The van der Waals surface area contributed by atoms with Crippen molar-refractivity contribution >= 4 is 53.1 Å². The molecule has 0 spiro atoms. The second kappa shape index (κ2) is 7.28. The van der Waals surface area contributed by atoms with Crippen molar-refractivity contribution in [1.29, 1.82) is 0 Å². The molecular formula is C14H10BrClF3NO6S2. The van der Waals surface area contributed by atoms with E-state index >= 15 is 0 Å². The second-order valence-electron chi connectivity index (χ2n) is 5.48. The normalized spacial score (nSPS) is 12.8. The highest BCUT2D eigenvalue weighted by molar-refractivity contribution is 9.10. The Morgan fingerprint density at radius 1 is 1.00 bits per heavy atom. The first-order valence-electron chi connectivity index (χ1n) is 6.89. The van der Waals surface area contributed by atoms with Crippen LogP contribution in [0.2, 0.25) is 5.02 Å². The highest BCUT2D eigenvalue weighted by atomic mass is 79.9. The molecule has 28 heavy (non-hydrogen) atoms. The van der Waals surface area contributed by atoms with Gasteiger partial charge in [-0.15, -0.1) is 0 Å². The molecule has 14 heteroatoms. The van der Waals surface area contributed by atoms with Crippen molar-refractivity contribution in [2.45, 2.75) is 16.0 Å². The van der Waals surface area contributed by atoms with Gasteiger partial charge in [0, 0.05) is 10.7 Å². The average Bonchev–Trinajstić information content (AvgIpc) is 2.50. The number of hydrogen-bond donors (Lipinski definition) is 3. The van der Waals surface area contributed by atoms with E-state index in [1.807, 2.05) is 0 Å². The first-order chi connectivity index (χ1) is 12.5. The Balaban J connectivity index is 2.72. The molecule has 0 atom stereocenters. The number of phenols is 2. The molecule has 0 amide bonds. The molecule has 0 saturated heterocycles. The molecule has 2 rings (SSSR count). The van der Waals surface area contributed by atoms with Gasteiger partial charge in [0.1, 0.15) is 9.79 Å². The van der Waals surface area contributed by atoms with E-state index in [4.69, 9.17) is 11.6 Å². The van der Waals surface area contributed by atoms with E-state index in [1.54, 1.807) is 4.72 Å². The van der Waals surface area contributed by atoms with Crippen LogP contribution >= 0.6 is 27.5 Å². The standard InChI is InChI=1S/C14H10BrClF3NO6S2/c1-27(23,24)10-3-6(14(17,18)19)2-9(13(10)22)20-28(25,26)11-5-7(15)4-8(16)12(11)21/h2-5,20-22H,1H3. The third kappa shape index (κ3) is 4.64. The summed E-state index contributed by atoms with van der Waals surface area (Å²) >= 11 is 8.63. The van der Waals surface area contributed by atoms with Crippen LogP contribution in [0.5, 0.6) is 11.5 Å². The van der Waals surface area contributed by atoms with E-state index in [1.165, 1.54) is 6.07 Å². The van der Waals surface area contributed by atoms with Gasteiger partial charge in [-0.2, -0.15) is 13.2 Å². The first-order valence-corrected chi connectivity index (χ1v) is 11.4. The minimum absolute atomic E-state index is 0.126. The lowest BCUT2D eigenvalue weighted by Crippen LogP contribution is -2.16. The minimum Gasteiger partial charge on any atom is -0.505 e. The molecule has 0 aliphatic heterocycles. The summed E-state index contributed by atoms with van der Waals surface area (Å²) in [6.07, 6.45) is -4.49. The summed E-state index contributed by atoms with van der Waals surface area (Å²) < 4.78 is 89.4. The molecule has 2 aromatic carbocycles. The van der Waals surface area contributed by atoms with Crippen LogP contribution in [0.1, 0.15) is 5.56 Å². The zero-order valence-corrected chi connectivity index (χ0v) is 17.5. The Bertz CT molecular complexity index is 1170. The number of nitrogens with one attached hydrogen (secondary N) is 1. The maximum Gasteiger partial charge on any atom is 0.416 e. The van der Waals surface area contributed by atoms with Crippen molar-refractivity contribution in [3.63, 3.8) is 0 Å². The molecule has 0 bridgehead atoms. The lowest BCUT2D eigenvalue weighted by atomic mass is 10.2. The summed E-state index contributed by atoms with van der Waals surface area (Å²) in [5, 5.41) is 19.5. The summed E-state index contributed by atoms with van der Waals surface area (Å²) in [5.41, 5.74) is -2.56. The van der Waals surface area contributed by atoms with Crippen LogP contribution < -0.4 is 4.72 Å². The summed E-state index contributed by atoms with van der Waals surface area (Å²) in [4.78, 5) is -1.94. The van der Waals surface area contributed by atoms with Gasteiger partial charge in [-0.05, 0) is 24.3 Å². The van der Waals surface area contributed by atoms with Gasteiger partial charge < -0.3 is 10.2 Å². The molecule has 0 unspecified atom stereocenters. The van der Waals surface area contributed by atoms with E-state index in [2.05, 4.69) is 15.9 Å². The third-order valence-corrected chi connectivity index (χ3v) is 6.56. The topological polar surface area (TPSA) is 121 Å². The van der Waals surface area contributed by atoms with Crippen molar-refractivity contribution < 1.29 is 40.2 Å². The lowest BCUT2D eigenvalue weighted by Gasteiger charge is -2.16. The number of aromatic hydroxyl groups is 2. The lowest BCUT2D eigenvalue weighted by molar-refractivity contribution is -0.137. The highest BCUT2D eigenvalue weighted by Crippen LogP contribution is 2.41. The van der Waals surface area contributed by atoms with Crippen molar-refractivity contribution in [2.75, 3.05) is 11.0 Å². The Kier molecular flexibility index (Phi) is 5.87. The Morgan fingerprint density at radius 2 is 1.57 bits per heavy atom. The van der Waals surface area contributed by atoms with E-state index < -0.39 is 58.6 Å². The minimum atomic E-state index is -5.03. The quantitative estimate of drug-likeness (QED) is 0.524. The number of sulfonamides is 1. The van der Waals surface area contributed by atoms with E-state index in [9.17, 15) is 40.2 Å². The molecule has 0 saturated carbocycles. The Hall–Kier alpha value is -1.70. The number of benzene rings is 2. The third-order valence-electron chi connectivity index (χ3n) is 3.33. The van der Waals surface area contributed by atoms with Gasteiger partial charge in [-0.1, -0.05) is 27.5 Å². The van der Waals surface area contributed by atoms with E-state index in [0.29, 0.717) is 6.26 Å². The van der Waals surface area contributed by atoms with Crippen LogP contribution in [-0.2, 0) is 26.0 Å². The summed E-state index contributed by atoms with van der Waals surface area (Å²) in [5.74, 6) is -2.13. The molecule has 0 aliphatic rings. The zero-order chi connectivity index (χ0) is 21.7. The van der Waals surface area contributed by atoms with Crippen LogP contribution in [-0.4, -0.2) is 33.3 Å². The predicted molar refractivity (Wildman–Crippen MR) is 97.8 cm³/mol. The number of anilines is 1. The second-order valence-corrected chi connectivity index (χ2v) is 10.4. The molecule has 0 aromatic heterocycles. The largest absolute Gasteiger partial charge is 0.505 e. The molecular weight excluding hydrogens is 515 g/mol. The summed E-state index contributed by atoms with van der Waals surface area (Å²) in [6, 6.07) is 2.47. The van der Waals surface area contributed by atoms with Gasteiger partial charge >= 0.3 is 6.18 Å². The van der Waals surface area contributed by atoms with Gasteiger partial charge in [-0.25, -0.2) is 16.8 Å². The molecule has 2 aromatic rings. The fraction of sp³-hybridized carbons (Fsp3) is 0.143. The smallest absolute Gasteiger partial charge is 0.416 e. The van der Waals surface area contributed by atoms with Gasteiger partial charge in [0.2, 0.25) is 0 Å². The van der Waals surface area contributed by atoms with Crippen molar-refractivity contribution in [2.24, 2.45) is 0 Å². The molecule has 0 fully saturated rings. The van der Waals surface area contributed by atoms with Gasteiger partial charge in [0.25, 0.3) is 10.0 Å². The highest BCUT2D eigenvalue weighted by Gasteiger charge is 2.35. The maximum absolute atomic E-state index is 13.1. The fourth-order valence-electron chi connectivity index (χ4n) is 2.08. The number of halogens is 5. The fourth-order valence-corrected chi connectivity index (χ4v) is 5.10. The van der Waals surface area contributed by atoms with Crippen LogP contribution in [0.4, 0.5) is 18.9 Å². The van der Waals surface area contributed by atoms with Crippen LogP contribution in [0.3, 0.4) is 0 Å². The van der Waals surface area contributed by atoms with Gasteiger partial charge in [-0.3, -0.25) is 4.72 Å². The van der Waals surface area contributed by atoms with Crippen LogP contribution in [0, 0.1) is 0 Å². The van der Waals surface area contributed by atoms with E-state index in [-0.39, 0.29) is 21.6 Å².